The number of nitrogens with two attached hydrogens (primary N) is 2. The van der Waals surface area contributed by atoms with Gasteiger partial charge in [0, 0.05) is 62.0 Å². The smallest absolute Gasteiger partial charge is 0.224 e. The minimum absolute atomic E-state index is 0.164. The summed E-state index contributed by atoms with van der Waals surface area (Å²) in [5.74, 6) is 1.26. The lowest BCUT2D eigenvalue weighted by molar-refractivity contribution is -0.131. The summed E-state index contributed by atoms with van der Waals surface area (Å²) in [4.78, 5) is 23.1. The van der Waals surface area contributed by atoms with Crippen LogP contribution in [0.3, 0.4) is 0 Å². The number of likely N-dealkylation sites (tertiary alicyclic amines) is 1. The predicted octanol–water partition coefficient (Wildman–Crippen LogP) is 2.59. The molecule has 0 unspecified atom stereocenters. The second kappa shape index (κ2) is 12.5. The van der Waals surface area contributed by atoms with E-state index >= 15 is 0 Å². The molecule has 1 amide bonds. The Morgan fingerprint density at radius 1 is 1.23 bits per heavy atom. The fourth-order valence-electron chi connectivity index (χ4n) is 3.88. The van der Waals surface area contributed by atoms with Crippen LogP contribution in [0.4, 0.5) is 0 Å². The van der Waals surface area contributed by atoms with Crippen molar-refractivity contribution in [1.29, 1.82) is 5.41 Å². The highest BCUT2D eigenvalue weighted by Gasteiger charge is 2.17. The summed E-state index contributed by atoms with van der Waals surface area (Å²) in [5, 5.41) is 14.0. The number of carbonyl (C=O) groups is 1. The average Bonchev–Trinajstić information content (AvgIpc) is 2.87. The zero-order valence-electron chi connectivity index (χ0n) is 20.6. The Balaban J connectivity index is 1.61. The highest BCUT2D eigenvalue weighted by molar-refractivity contribution is 5.97. The van der Waals surface area contributed by atoms with E-state index in [2.05, 4.69) is 20.6 Å². The third-order valence-corrected chi connectivity index (χ3v) is 5.95. The van der Waals surface area contributed by atoms with Crippen LogP contribution in [0, 0.1) is 11.3 Å². The molecule has 7 N–H and O–H groups in total. The highest BCUT2D eigenvalue weighted by Crippen LogP contribution is 2.22. The molecular weight excluding hydrogens is 440 g/mol. The van der Waals surface area contributed by atoms with Gasteiger partial charge in [0.2, 0.25) is 5.91 Å². The van der Waals surface area contributed by atoms with Gasteiger partial charge in [-0.1, -0.05) is 13.8 Å². The lowest BCUT2D eigenvalue weighted by Gasteiger charge is -2.26. The van der Waals surface area contributed by atoms with Gasteiger partial charge in [-0.2, -0.15) is 0 Å². The number of aliphatic imine (C=N–C) groups is 2. The van der Waals surface area contributed by atoms with E-state index in [4.69, 9.17) is 16.9 Å². The summed E-state index contributed by atoms with van der Waals surface area (Å²) in [7, 11) is 0. The van der Waals surface area contributed by atoms with Crippen LogP contribution in [0.1, 0.15) is 39.5 Å². The largest absolute Gasteiger partial charge is 0.404 e. The molecule has 9 heteroatoms. The molecule has 3 aliphatic heterocycles. The van der Waals surface area contributed by atoms with Crippen molar-refractivity contribution in [2.75, 3.05) is 19.6 Å². The number of nitrogens with one attached hydrogen (secondary N) is 3. The number of allylic oxidation sites excluding steroid dienone is 6. The lowest BCUT2D eigenvalue weighted by Crippen LogP contribution is -2.35. The van der Waals surface area contributed by atoms with Crippen molar-refractivity contribution in [3.05, 3.63) is 70.6 Å². The van der Waals surface area contributed by atoms with E-state index in [1.54, 1.807) is 12.3 Å². The van der Waals surface area contributed by atoms with Crippen LogP contribution in [0.2, 0.25) is 0 Å². The Hall–Kier alpha value is -3.88. The van der Waals surface area contributed by atoms with Gasteiger partial charge in [-0.15, -0.1) is 0 Å². The van der Waals surface area contributed by atoms with Gasteiger partial charge in [-0.25, -0.2) is 4.99 Å². The fourth-order valence-corrected chi connectivity index (χ4v) is 3.88. The minimum Gasteiger partial charge on any atom is -0.404 e. The number of dihydropyridines is 2. The molecule has 0 aromatic heterocycles. The van der Waals surface area contributed by atoms with Gasteiger partial charge < -0.3 is 32.4 Å². The first kappa shape index (κ1) is 25.7. The number of amidine groups is 1. The van der Waals surface area contributed by atoms with Crippen LogP contribution in [0.5, 0.6) is 0 Å². The van der Waals surface area contributed by atoms with Crippen molar-refractivity contribution >= 4 is 24.2 Å². The Bertz CT molecular complexity index is 1060. The third kappa shape index (κ3) is 7.30. The van der Waals surface area contributed by atoms with Gasteiger partial charge in [0.25, 0.3) is 0 Å². The molecule has 0 aromatic rings. The van der Waals surface area contributed by atoms with Gasteiger partial charge in [0.15, 0.2) is 0 Å². The number of nitrogens with zero attached hydrogens (tertiary/aromatic N) is 3. The van der Waals surface area contributed by atoms with Crippen molar-refractivity contribution in [1.82, 2.24) is 15.5 Å². The zero-order chi connectivity index (χ0) is 25.2. The van der Waals surface area contributed by atoms with E-state index in [9.17, 15) is 4.79 Å². The van der Waals surface area contributed by atoms with E-state index in [1.165, 1.54) is 18.8 Å². The maximum absolute atomic E-state index is 12.3. The Morgan fingerprint density at radius 3 is 2.69 bits per heavy atom. The van der Waals surface area contributed by atoms with Crippen LogP contribution in [0.15, 0.2) is 80.6 Å². The molecule has 0 aliphatic carbocycles. The summed E-state index contributed by atoms with van der Waals surface area (Å²) in [6, 6.07) is 0. The third-order valence-electron chi connectivity index (χ3n) is 5.95. The van der Waals surface area contributed by atoms with Crippen LogP contribution < -0.4 is 22.1 Å². The van der Waals surface area contributed by atoms with Crippen molar-refractivity contribution < 1.29 is 4.79 Å². The molecule has 0 aromatic carbocycles. The normalized spacial score (nSPS) is 19.3. The molecule has 0 atom stereocenters. The molecule has 3 aliphatic rings. The number of piperidine rings is 1. The van der Waals surface area contributed by atoms with E-state index in [1.807, 2.05) is 43.2 Å². The van der Waals surface area contributed by atoms with Gasteiger partial charge in [0.05, 0.1) is 11.4 Å². The standard InChI is InChI=1S/C26H36N8O/c1-18(2)19(14-27)13-24(29)33-25-7-6-22-23(32-25)12-20(17-31-22)21(15-28)16-30-9-8-26(35)34-10-4-3-5-11-34/h6-7,12-18,27,31-32H,3-5,8-11,28H2,1-2H3,(H2,29,33). The van der Waals surface area contributed by atoms with Crippen molar-refractivity contribution in [3.63, 3.8) is 0 Å². The number of amides is 1. The van der Waals surface area contributed by atoms with Crippen molar-refractivity contribution in [2.45, 2.75) is 39.5 Å². The molecule has 0 radical (unpaired) electrons. The Morgan fingerprint density at radius 2 is 2.00 bits per heavy atom. The summed E-state index contributed by atoms with van der Waals surface area (Å²) in [6.45, 7) is 6.14. The summed E-state index contributed by atoms with van der Waals surface area (Å²) in [6.07, 6.45) is 17.5. The molecular formula is C26H36N8O. The van der Waals surface area contributed by atoms with Crippen LogP contribution >= 0.6 is 0 Å². The van der Waals surface area contributed by atoms with E-state index < -0.39 is 0 Å². The quantitative estimate of drug-likeness (QED) is 0.257. The molecule has 1 fully saturated rings. The van der Waals surface area contributed by atoms with Crippen molar-refractivity contribution in [3.8, 4) is 0 Å². The molecule has 0 bridgehead atoms. The summed E-state index contributed by atoms with van der Waals surface area (Å²) < 4.78 is 0. The zero-order valence-corrected chi connectivity index (χ0v) is 20.6. The molecule has 9 nitrogen and oxygen atoms in total. The van der Waals surface area contributed by atoms with E-state index in [0.29, 0.717) is 24.6 Å². The molecule has 35 heavy (non-hydrogen) atoms. The first-order valence-corrected chi connectivity index (χ1v) is 12.0. The van der Waals surface area contributed by atoms with Crippen molar-refractivity contribution in [2.24, 2.45) is 27.4 Å². The van der Waals surface area contributed by atoms with Crippen LogP contribution in [-0.2, 0) is 4.79 Å². The second-order valence-electron chi connectivity index (χ2n) is 8.89. The lowest BCUT2D eigenvalue weighted by atomic mass is 10.0. The number of carbonyl (C=O) groups excluding carboxylic acids is 1. The molecule has 0 spiro atoms. The van der Waals surface area contributed by atoms with Crippen LogP contribution in [0.25, 0.3) is 0 Å². The number of hydrogen-bond donors (Lipinski definition) is 5. The number of fused-ring (bicyclic) bond motifs is 1. The predicted molar refractivity (Wildman–Crippen MR) is 143 cm³/mol. The minimum atomic E-state index is 0.164. The van der Waals surface area contributed by atoms with Gasteiger partial charge >= 0.3 is 0 Å². The molecule has 1 saturated heterocycles. The van der Waals surface area contributed by atoms with E-state index in [0.717, 1.165) is 54.0 Å². The molecule has 186 valence electrons. The second-order valence-corrected chi connectivity index (χ2v) is 8.89. The van der Waals surface area contributed by atoms with Gasteiger partial charge in [-0.05, 0) is 55.1 Å². The summed E-state index contributed by atoms with van der Waals surface area (Å²) >= 11 is 0. The first-order chi connectivity index (χ1) is 16.9. The fraction of sp³-hybridized carbons (Fsp3) is 0.385. The first-order valence-electron chi connectivity index (χ1n) is 12.0. The number of hydrogen-bond acceptors (Lipinski definition) is 7. The molecule has 3 rings (SSSR count). The maximum Gasteiger partial charge on any atom is 0.224 e. The topological polar surface area (TPSA) is 145 Å². The highest BCUT2D eigenvalue weighted by atomic mass is 16.2. The number of rotatable bonds is 9. The Labute approximate surface area is 207 Å². The van der Waals surface area contributed by atoms with Gasteiger partial charge in [-0.3, -0.25) is 9.79 Å². The Kier molecular flexibility index (Phi) is 9.23. The average molecular weight is 477 g/mol. The monoisotopic (exact) mass is 476 g/mol. The van der Waals surface area contributed by atoms with Crippen LogP contribution in [-0.4, -0.2) is 48.7 Å². The summed E-state index contributed by atoms with van der Waals surface area (Å²) in [5.41, 5.74) is 16.1. The molecule has 3 heterocycles. The van der Waals surface area contributed by atoms with Gasteiger partial charge in [0.1, 0.15) is 11.7 Å². The van der Waals surface area contributed by atoms with E-state index in [-0.39, 0.29) is 11.8 Å². The maximum atomic E-state index is 12.3. The SMILES string of the molecule is CC(C)C(C=N)=CC(N)=NC1=CC=C2NC=C(C(C=NCCC(=O)N3CCCCC3)=CN)C=C2N1. The molecule has 0 saturated carbocycles.